The summed E-state index contributed by atoms with van der Waals surface area (Å²) in [6.07, 6.45) is 3.86. The van der Waals surface area contributed by atoms with Gasteiger partial charge in [-0.25, -0.2) is 9.97 Å². The smallest absolute Gasteiger partial charge is 0.145 e. The van der Waals surface area contributed by atoms with Crippen molar-refractivity contribution >= 4 is 22.6 Å². The normalized spacial score (nSPS) is 12.3. The first-order valence-electron chi connectivity index (χ1n) is 4.92. The number of nitrogens with zero attached hydrogens (tertiary/aromatic N) is 3. The van der Waals surface area contributed by atoms with Crippen LogP contribution in [-0.4, -0.2) is 14.5 Å². The molecule has 0 bridgehead atoms. The number of alkyl halides is 1. The molecule has 0 atom stereocenters. The predicted molar refractivity (Wildman–Crippen MR) is 62.1 cm³/mol. The van der Waals surface area contributed by atoms with Gasteiger partial charge in [-0.1, -0.05) is 0 Å². The molecule has 0 saturated heterocycles. The Morgan fingerprint density at radius 3 is 2.73 bits per heavy atom. The number of rotatable bonds is 1. The fourth-order valence-electron chi connectivity index (χ4n) is 1.56. The number of halogens is 1. The molecule has 2 heterocycles. The van der Waals surface area contributed by atoms with Crippen molar-refractivity contribution in [1.29, 1.82) is 0 Å². The van der Waals surface area contributed by atoms with Gasteiger partial charge in [-0.05, 0) is 26.8 Å². The van der Waals surface area contributed by atoms with E-state index in [1.807, 2.05) is 18.5 Å². The lowest BCUT2D eigenvalue weighted by Gasteiger charge is -2.21. The third kappa shape index (κ3) is 1.84. The number of fused-ring (bicyclic) bond motifs is 1. The largest absolute Gasteiger partial charge is 0.327 e. The number of aromatic nitrogens is 3. The van der Waals surface area contributed by atoms with Gasteiger partial charge in [-0.3, -0.25) is 0 Å². The second-order valence-corrected chi connectivity index (χ2v) is 4.82. The van der Waals surface area contributed by atoms with Gasteiger partial charge >= 0.3 is 0 Å². The Labute approximate surface area is 94.1 Å². The molecule has 2 aromatic heterocycles. The van der Waals surface area contributed by atoms with Crippen LogP contribution in [0, 0.1) is 0 Å². The van der Waals surface area contributed by atoms with Gasteiger partial charge in [0.05, 0.1) is 5.88 Å². The average Bonchev–Trinajstić information content (AvgIpc) is 2.59. The first kappa shape index (κ1) is 10.4. The summed E-state index contributed by atoms with van der Waals surface area (Å²) in [6.45, 7) is 6.44. The molecule has 0 fully saturated rings. The van der Waals surface area contributed by atoms with E-state index in [-0.39, 0.29) is 5.54 Å². The van der Waals surface area contributed by atoms with Crippen LogP contribution in [0.25, 0.3) is 11.0 Å². The lowest BCUT2D eigenvalue weighted by molar-refractivity contribution is 0.408. The zero-order valence-corrected chi connectivity index (χ0v) is 9.91. The van der Waals surface area contributed by atoms with Crippen LogP contribution in [0.1, 0.15) is 26.6 Å². The van der Waals surface area contributed by atoms with E-state index in [0.29, 0.717) is 11.7 Å². The minimum atomic E-state index is 0.0275. The third-order valence-corrected chi connectivity index (χ3v) is 2.56. The Bertz CT molecular complexity index is 482. The van der Waals surface area contributed by atoms with Gasteiger partial charge in [0.15, 0.2) is 0 Å². The third-order valence-electron chi connectivity index (χ3n) is 2.32. The summed E-state index contributed by atoms with van der Waals surface area (Å²) >= 11 is 5.73. The molecule has 0 N–H and O–H groups in total. The van der Waals surface area contributed by atoms with E-state index in [2.05, 4.69) is 35.3 Å². The van der Waals surface area contributed by atoms with Crippen LogP contribution in [0.3, 0.4) is 0 Å². The first-order valence-corrected chi connectivity index (χ1v) is 5.45. The highest BCUT2D eigenvalue weighted by molar-refractivity contribution is 6.16. The Balaban J connectivity index is 2.67. The fraction of sp³-hybridized carbons (Fsp3) is 0.455. The molecule has 0 saturated carbocycles. The van der Waals surface area contributed by atoms with Crippen molar-refractivity contribution in [1.82, 2.24) is 14.5 Å². The molecule has 0 aliphatic rings. The van der Waals surface area contributed by atoms with Crippen LogP contribution in [-0.2, 0) is 11.4 Å². The molecule has 15 heavy (non-hydrogen) atoms. The highest BCUT2D eigenvalue weighted by atomic mass is 35.5. The summed E-state index contributed by atoms with van der Waals surface area (Å²) in [4.78, 5) is 8.60. The van der Waals surface area contributed by atoms with Gasteiger partial charge in [0.25, 0.3) is 0 Å². The summed E-state index contributed by atoms with van der Waals surface area (Å²) in [5, 5.41) is 1.05. The number of hydrogen-bond acceptors (Lipinski definition) is 2. The predicted octanol–water partition coefficient (Wildman–Crippen LogP) is 2.93. The van der Waals surface area contributed by atoms with E-state index in [9.17, 15) is 0 Å². The van der Waals surface area contributed by atoms with Crippen molar-refractivity contribution in [2.24, 2.45) is 0 Å². The minimum absolute atomic E-state index is 0.0275. The maximum Gasteiger partial charge on any atom is 0.145 e. The lowest BCUT2D eigenvalue weighted by Crippen LogP contribution is -2.21. The van der Waals surface area contributed by atoms with Gasteiger partial charge in [-0.2, -0.15) is 0 Å². The molecule has 0 spiro atoms. The summed E-state index contributed by atoms with van der Waals surface area (Å²) < 4.78 is 2.14. The molecule has 0 aliphatic heterocycles. The maximum atomic E-state index is 5.73. The molecule has 2 aromatic rings. The quantitative estimate of drug-likeness (QED) is 0.696. The minimum Gasteiger partial charge on any atom is -0.327 e. The van der Waals surface area contributed by atoms with Crippen molar-refractivity contribution < 1.29 is 0 Å². The second-order valence-electron chi connectivity index (χ2n) is 4.56. The first-order chi connectivity index (χ1) is 7.02. The van der Waals surface area contributed by atoms with E-state index in [4.69, 9.17) is 11.6 Å². The monoisotopic (exact) mass is 223 g/mol. The molecule has 2 rings (SSSR count). The van der Waals surface area contributed by atoms with Crippen molar-refractivity contribution in [3.05, 3.63) is 24.3 Å². The molecule has 0 unspecified atom stereocenters. The molecule has 4 heteroatoms. The van der Waals surface area contributed by atoms with E-state index < -0.39 is 0 Å². The van der Waals surface area contributed by atoms with Crippen molar-refractivity contribution in [3.8, 4) is 0 Å². The summed E-state index contributed by atoms with van der Waals surface area (Å²) in [6, 6.07) is 2.03. The molecule has 3 nitrogen and oxygen atoms in total. The topological polar surface area (TPSA) is 30.7 Å². The Morgan fingerprint density at radius 1 is 1.40 bits per heavy atom. The van der Waals surface area contributed by atoms with E-state index in [1.54, 1.807) is 0 Å². The van der Waals surface area contributed by atoms with Gasteiger partial charge in [-0.15, -0.1) is 11.6 Å². The Kier molecular flexibility index (Phi) is 2.43. The van der Waals surface area contributed by atoms with Gasteiger partial charge in [0.2, 0.25) is 0 Å². The van der Waals surface area contributed by atoms with Gasteiger partial charge in [0, 0.05) is 23.3 Å². The maximum absolute atomic E-state index is 5.73. The fourth-order valence-corrected chi connectivity index (χ4v) is 1.69. The Hall–Kier alpha value is -1.09. The van der Waals surface area contributed by atoms with Crippen LogP contribution < -0.4 is 0 Å². The molecular weight excluding hydrogens is 210 g/mol. The lowest BCUT2D eigenvalue weighted by atomic mass is 10.1. The molecular formula is C11H14ClN3. The summed E-state index contributed by atoms with van der Waals surface area (Å²) in [5.41, 5.74) is 0.979. The van der Waals surface area contributed by atoms with Crippen LogP contribution in [0.4, 0.5) is 0 Å². The van der Waals surface area contributed by atoms with Crippen molar-refractivity contribution in [2.75, 3.05) is 0 Å². The molecule has 0 amide bonds. The average molecular weight is 224 g/mol. The molecule has 0 aliphatic carbocycles. The number of hydrogen-bond donors (Lipinski definition) is 0. The molecule has 0 radical (unpaired) electrons. The SMILES string of the molecule is CC(C)(C)n1ccc2cnc(CCl)nc21. The van der Waals surface area contributed by atoms with Gasteiger partial charge < -0.3 is 4.57 Å². The van der Waals surface area contributed by atoms with Crippen LogP contribution in [0.15, 0.2) is 18.5 Å². The molecule has 0 aromatic carbocycles. The highest BCUT2D eigenvalue weighted by Crippen LogP contribution is 2.21. The standard InChI is InChI=1S/C11H14ClN3/c1-11(2,3)15-5-4-8-7-13-9(6-12)14-10(8)15/h4-5,7H,6H2,1-3H3. The highest BCUT2D eigenvalue weighted by Gasteiger charge is 2.16. The van der Waals surface area contributed by atoms with Crippen LogP contribution in [0.5, 0.6) is 0 Å². The van der Waals surface area contributed by atoms with E-state index in [1.165, 1.54) is 0 Å². The van der Waals surface area contributed by atoms with Crippen LogP contribution >= 0.6 is 11.6 Å². The van der Waals surface area contributed by atoms with Gasteiger partial charge in [0.1, 0.15) is 11.5 Å². The Morgan fingerprint density at radius 2 is 2.13 bits per heavy atom. The van der Waals surface area contributed by atoms with Crippen molar-refractivity contribution in [3.63, 3.8) is 0 Å². The van der Waals surface area contributed by atoms with Crippen molar-refractivity contribution in [2.45, 2.75) is 32.2 Å². The zero-order chi connectivity index (χ0) is 11.1. The molecule has 80 valence electrons. The summed E-state index contributed by atoms with van der Waals surface area (Å²) in [5.74, 6) is 1.03. The zero-order valence-electron chi connectivity index (χ0n) is 9.16. The van der Waals surface area contributed by atoms with E-state index in [0.717, 1.165) is 11.0 Å². The summed E-state index contributed by atoms with van der Waals surface area (Å²) in [7, 11) is 0. The second kappa shape index (κ2) is 3.49. The van der Waals surface area contributed by atoms with Crippen LogP contribution in [0.2, 0.25) is 0 Å². The van der Waals surface area contributed by atoms with E-state index >= 15 is 0 Å².